The van der Waals surface area contributed by atoms with Gasteiger partial charge < -0.3 is 23.4 Å². The maximum atomic E-state index is 12.4. The lowest BCUT2D eigenvalue weighted by molar-refractivity contribution is 0.102. The minimum atomic E-state index is -0.427. The summed E-state index contributed by atoms with van der Waals surface area (Å²) < 4.78 is 26.4. The van der Waals surface area contributed by atoms with Crippen molar-refractivity contribution in [1.82, 2.24) is 10.2 Å². The van der Waals surface area contributed by atoms with Crippen molar-refractivity contribution >= 4 is 11.9 Å². The lowest BCUT2D eigenvalue weighted by atomic mass is 10.2. The molecule has 0 unspecified atom stereocenters. The van der Waals surface area contributed by atoms with Crippen molar-refractivity contribution in [2.75, 3.05) is 33.8 Å². The summed E-state index contributed by atoms with van der Waals surface area (Å²) in [6.07, 6.45) is 0. The molecular formula is C19H19N3O6. The van der Waals surface area contributed by atoms with Gasteiger partial charge >= 0.3 is 6.01 Å². The van der Waals surface area contributed by atoms with E-state index in [1.54, 1.807) is 43.5 Å². The minimum Gasteiger partial charge on any atom is -0.493 e. The Morgan fingerprint density at radius 3 is 2.07 bits per heavy atom. The number of ether oxygens (including phenoxy) is 4. The zero-order chi connectivity index (χ0) is 20.1. The Labute approximate surface area is 161 Å². The average molecular weight is 385 g/mol. The Hall–Kier alpha value is -3.75. The summed E-state index contributed by atoms with van der Waals surface area (Å²) in [5.41, 5.74) is 0.972. The monoisotopic (exact) mass is 385 g/mol. The molecule has 0 atom stereocenters. The van der Waals surface area contributed by atoms with Crippen molar-refractivity contribution in [3.8, 4) is 34.5 Å². The van der Waals surface area contributed by atoms with Crippen LogP contribution in [0.3, 0.4) is 0 Å². The second-order valence-corrected chi connectivity index (χ2v) is 5.51. The number of carbonyl (C=O) groups is 1. The van der Waals surface area contributed by atoms with E-state index in [4.69, 9.17) is 23.4 Å². The summed E-state index contributed by atoms with van der Waals surface area (Å²) in [7, 11) is 6.09. The molecular weight excluding hydrogens is 366 g/mol. The van der Waals surface area contributed by atoms with Gasteiger partial charge in [-0.25, -0.2) is 0 Å². The van der Waals surface area contributed by atoms with Crippen LogP contribution in [0.1, 0.15) is 10.4 Å². The number of hydrogen-bond acceptors (Lipinski definition) is 8. The Morgan fingerprint density at radius 1 is 0.821 bits per heavy atom. The van der Waals surface area contributed by atoms with Gasteiger partial charge in [0, 0.05) is 11.1 Å². The summed E-state index contributed by atoms with van der Waals surface area (Å²) in [5, 5.41) is 10.4. The molecule has 9 heteroatoms. The second kappa shape index (κ2) is 8.30. The molecule has 0 radical (unpaired) electrons. The molecule has 28 heavy (non-hydrogen) atoms. The zero-order valence-electron chi connectivity index (χ0n) is 15.8. The van der Waals surface area contributed by atoms with Crippen molar-refractivity contribution < 1.29 is 28.2 Å². The SMILES string of the molecule is COc1ccc(C(=O)Nc2nnc(-c3ccc(OC)c(OC)c3)o2)cc1OC. The summed E-state index contributed by atoms with van der Waals surface area (Å²) in [4.78, 5) is 12.4. The summed E-state index contributed by atoms with van der Waals surface area (Å²) in [6.45, 7) is 0. The molecule has 0 bridgehead atoms. The molecule has 1 N–H and O–H groups in total. The highest BCUT2D eigenvalue weighted by Gasteiger charge is 2.16. The molecule has 1 amide bonds. The Bertz CT molecular complexity index is 986. The lowest BCUT2D eigenvalue weighted by Gasteiger charge is -2.08. The number of nitrogens with zero attached hydrogens (tertiary/aromatic N) is 2. The highest BCUT2D eigenvalue weighted by Crippen LogP contribution is 2.32. The first-order valence-electron chi connectivity index (χ1n) is 8.19. The fraction of sp³-hybridized carbons (Fsp3) is 0.211. The van der Waals surface area contributed by atoms with E-state index in [1.165, 1.54) is 21.3 Å². The van der Waals surface area contributed by atoms with Crippen molar-refractivity contribution in [1.29, 1.82) is 0 Å². The third kappa shape index (κ3) is 3.83. The van der Waals surface area contributed by atoms with Crippen LogP contribution in [0, 0.1) is 0 Å². The molecule has 3 rings (SSSR count). The third-order valence-corrected chi connectivity index (χ3v) is 3.92. The van der Waals surface area contributed by atoms with Gasteiger partial charge in [-0.15, -0.1) is 5.10 Å². The van der Waals surface area contributed by atoms with E-state index in [-0.39, 0.29) is 11.9 Å². The number of aromatic nitrogens is 2. The Kier molecular flexibility index (Phi) is 5.64. The Morgan fingerprint density at radius 2 is 1.43 bits per heavy atom. The van der Waals surface area contributed by atoms with Gasteiger partial charge in [0.25, 0.3) is 5.91 Å². The molecule has 0 saturated carbocycles. The number of anilines is 1. The van der Waals surface area contributed by atoms with Crippen LogP contribution >= 0.6 is 0 Å². The highest BCUT2D eigenvalue weighted by atomic mass is 16.5. The summed E-state index contributed by atoms with van der Waals surface area (Å²) in [5.74, 6) is 1.85. The molecule has 146 valence electrons. The van der Waals surface area contributed by atoms with E-state index < -0.39 is 5.91 Å². The lowest BCUT2D eigenvalue weighted by Crippen LogP contribution is -2.12. The molecule has 0 fully saturated rings. The van der Waals surface area contributed by atoms with E-state index in [0.717, 1.165) is 0 Å². The fourth-order valence-electron chi connectivity index (χ4n) is 2.51. The van der Waals surface area contributed by atoms with Gasteiger partial charge in [-0.2, -0.15) is 0 Å². The van der Waals surface area contributed by atoms with Crippen LogP contribution in [-0.2, 0) is 0 Å². The molecule has 3 aromatic rings. The van der Waals surface area contributed by atoms with Crippen LogP contribution in [0.15, 0.2) is 40.8 Å². The molecule has 0 aliphatic rings. The highest BCUT2D eigenvalue weighted by molar-refractivity contribution is 6.03. The van der Waals surface area contributed by atoms with Crippen LogP contribution in [-0.4, -0.2) is 44.5 Å². The van der Waals surface area contributed by atoms with Crippen molar-refractivity contribution in [3.63, 3.8) is 0 Å². The van der Waals surface area contributed by atoms with Gasteiger partial charge in [-0.3, -0.25) is 10.1 Å². The smallest absolute Gasteiger partial charge is 0.322 e. The van der Waals surface area contributed by atoms with Gasteiger partial charge in [-0.05, 0) is 36.4 Å². The number of hydrogen-bond donors (Lipinski definition) is 1. The van der Waals surface area contributed by atoms with Crippen molar-refractivity contribution in [3.05, 3.63) is 42.0 Å². The molecule has 2 aromatic carbocycles. The molecule has 0 spiro atoms. The van der Waals surface area contributed by atoms with Crippen LogP contribution in [0.2, 0.25) is 0 Å². The molecule has 1 aromatic heterocycles. The largest absolute Gasteiger partial charge is 0.493 e. The van der Waals surface area contributed by atoms with Gasteiger partial charge in [0.15, 0.2) is 23.0 Å². The van der Waals surface area contributed by atoms with Gasteiger partial charge in [0.1, 0.15) is 0 Å². The first-order valence-corrected chi connectivity index (χ1v) is 8.19. The van der Waals surface area contributed by atoms with E-state index >= 15 is 0 Å². The number of nitrogens with one attached hydrogen (secondary N) is 1. The third-order valence-electron chi connectivity index (χ3n) is 3.92. The van der Waals surface area contributed by atoms with Crippen molar-refractivity contribution in [2.45, 2.75) is 0 Å². The first-order chi connectivity index (χ1) is 13.6. The normalized spacial score (nSPS) is 10.3. The topological polar surface area (TPSA) is 105 Å². The standard InChI is InChI=1S/C19H19N3O6/c1-24-13-7-5-11(9-15(13)26-3)17(23)20-19-22-21-18(28-19)12-6-8-14(25-2)16(10-12)27-4/h5-10H,1-4H3,(H,20,22,23). The molecule has 9 nitrogen and oxygen atoms in total. The van der Waals surface area contributed by atoms with Gasteiger partial charge in [-0.1, -0.05) is 5.10 Å². The molecule has 0 aliphatic heterocycles. The van der Waals surface area contributed by atoms with Crippen LogP contribution in [0.4, 0.5) is 6.01 Å². The molecule has 0 saturated heterocycles. The maximum absolute atomic E-state index is 12.4. The summed E-state index contributed by atoms with van der Waals surface area (Å²) in [6, 6.07) is 9.92. The predicted octanol–water partition coefficient (Wildman–Crippen LogP) is 3.02. The number of benzene rings is 2. The summed E-state index contributed by atoms with van der Waals surface area (Å²) >= 11 is 0. The molecule has 0 aliphatic carbocycles. The van der Waals surface area contributed by atoms with Gasteiger partial charge in [0.05, 0.1) is 28.4 Å². The fourth-order valence-corrected chi connectivity index (χ4v) is 2.51. The number of rotatable bonds is 7. The second-order valence-electron chi connectivity index (χ2n) is 5.51. The quantitative estimate of drug-likeness (QED) is 0.662. The molecule has 1 heterocycles. The maximum Gasteiger partial charge on any atom is 0.322 e. The van der Waals surface area contributed by atoms with E-state index in [2.05, 4.69) is 15.5 Å². The van der Waals surface area contributed by atoms with Crippen LogP contribution in [0.5, 0.6) is 23.0 Å². The van der Waals surface area contributed by atoms with Crippen LogP contribution in [0.25, 0.3) is 11.5 Å². The van der Waals surface area contributed by atoms with Crippen LogP contribution < -0.4 is 24.3 Å². The zero-order valence-corrected chi connectivity index (χ0v) is 15.8. The minimum absolute atomic E-state index is 0.0374. The Balaban J connectivity index is 1.78. The van der Waals surface area contributed by atoms with E-state index in [0.29, 0.717) is 34.1 Å². The van der Waals surface area contributed by atoms with Gasteiger partial charge in [0.2, 0.25) is 5.89 Å². The first kappa shape index (κ1) is 19.0. The number of amides is 1. The average Bonchev–Trinajstić information content (AvgIpc) is 3.20. The predicted molar refractivity (Wildman–Crippen MR) is 100 cm³/mol. The number of methoxy groups -OCH3 is 4. The van der Waals surface area contributed by atoms with E-state index in [1.807, 2.05) is 0 Å². The number of carbonyl (C=O) groups excluding carboxylic acids is 1. The van der Waals surface area contributed by atoms with Crippen molar-refractivity contribution in [2.24, 2.45) is 0 Å². The van der Waals surface area contributed by atoms with E-state index in [9.17, 15) is 4.79 Å².